The molecule has 0 aliphatic rings. The predicted octanol–water partition coefficient (Wildman–Crippen LogP) is 3.58. The van der Waals surface area contributed by atoms with Crippen LogP contribution >= 0.6 is 15.9 Å². The van der Waals surface area contributed by atoms with E-state index in [1.54, 1.807) is 27.7 Å². The van der Waals surface area contributed by atoms with Gasteiger partial charge in [-0.05, 0) is 34.5 Å². The van der Waals surface area contributed by atoms with E-state index in [0.717, 1.165) is 11.1 Å². The molecule has 8 nitrogen and oxygen atoms in total. The molecule has 0 atom stereocenters. The second-order valence-electron chi connectivity index (χ2n) is 5.35. The van der Waals surface area contributed by atoms with Gasteiger partial charge in [0.25, 0.3) is 0 Å². The maximum absolute atomic E-state index is 5.76. The van der Waals surface area contributed by atoms with Gasteiger partial charge < -0.3 is 24.5 Å². The van der Waals surface area contributed by atoms with E-state index in [9.17, 15) is 0 Å². The summed E-state index contributed by atoms with van der Waals surface area (Å²) in [5.74, 6) is 1.98. The number of hydrogen-bond acceptors (Lipinski definition) is 7. The van der Waals surface area contributed by atoms with Gasteiger partial charge in [-0.1, -0.05) is 13.8 Å². The van der Waals surface area contributed by atoms with E-state index < -0.39 is 0 Å². The fourth-order valence-corrected chi connectivity index (χ4v) is 3.20. The van der Waals surface area contributed by atoms with Gasteiger partial charge in [-0.15, -0.1) is 0 Å². The van der Waals surface area contributed by atoms with Crippen LogP contribution in [0, 0.1) is 6.92 Å². The highest BCUT2D eigenvalue weighted by Crippen LogP contribution is 2.41. The van der Waals surface area contributed by atoms with Crippen LogP contribution < -0.4 is 19.9 Å². The lowest BCUT2D eigenvalue weighted by Gasteiger charge is -2.18. The Kier molecular flexibility index (Phi) is 6.84. The highest BCUT2D eigenvalue weighted by Gasteiger charge is 2.19. The van der Waals surface area contributed by atoms with Crippen LogP contribution in [-0.2, 0) is 6.54 Å². The number of fused-ring (bicyclic) bond motifs is 1. The van der Waals surface area contributed by atoms with Gasteiger partial charge in [0, 0.05) is 5.56 Å². The van der Waals surface area contributed by atoms with Crippen LogP contribution in [0.2, 0.25) is 0 Å². The van der Waals surface area contributed by atoms with Crippen LogP contribution in [0.4, 0.5) is 5.95 Å². The van der Waals surface area contributed by atoms with Gasteiger partial charge in [0.1, 0.15) is 10.1 Å². The van der Waals surface area contributed by atoms with E-state index in [0.29, 0.717) is 39.6 Å². The number of aromatic nitrogens is 4. The summed E-state index contributed by atoms with van der Waals surface area (Å²) in [6.07, 6.45) is 1.70. The Balaban J connectivity index is 0.00000126. The molecule has 0 fully saturated rings. The van der Waals surface area contributed by atoms with Crippen LogP contribution in [0.25, 0.3) is 11.2 Å². The lowest BCUT2D eigenvalue weighted by atomic mass is 10.1. The molecule has 1 aromatic carbocycles. The Hall–Kier alpha value is -2.55. The van der Waals surface area contributed by atoms with Gasteiger partial charge in [0.05, 0.1) is 34.2 Å². The predicted molar refractivity (Wildman–Crippen MR) is 109 cm³/mol. The van der Waals surface area contributed by atoms with Crippen LogP contribution in [0.5, 0.6) is 17.2 Å². The summed E-state index contributed by atoms with van der Waals surface area (Å²) in [6, 6.07) is 1.92. The number of imidazole rings is 1. The maximum Gasteiger partial charge on any atom is 0.223 e. The third-order valence-electron chi connectivity index (χ3n) is 3.97. The monoisotopic (exact) mass is 437 g/mol. The first-order valence-corrected chi connectivity index (χ1v) is 9.21. The van der Waals surface area contributed by atoms with E-state index in [1.165, 1.54) is 0 Å². The smallest absolute Gasteiger partial charge is 0.223 e. The molecule has 9 heteroatoms. The standard InChI is InChI=1S/C16H18BrN5O3.C2H6/c1-8-9(5-10(23-2)13(25-4)12(8)24-3)6-22-7-19-11-14(17)20-16(18)21-15(11)22;1-2/h5,7H,6H2,1-4H3,(H2,18,20,21);1-2H3. The lowest BCUT2D eigenvalue weighted by molar-refractivity contribution is 0.322. The third kappa shape index (κ3) is 3.92. The maximum atomic E-state index is 5.76. The Morgan fingerprint density at radius 3 is 2.33 bits per heavy atom. The van der Waals surface area contributed by atoms with Crippen molar-refractivity contribution < 1.29 is 14.2 Å². The highest BCUT2D eigenvalue weighted by molar-refractivity contribution is 9.10. The number of halogens is 1. The summed E-state index contributed by atoms with van der Waals surface area (Å²) in [5.41, 5.74) is 8.99. The van der Waals surface area contributed by atoms with E-state index >= 15 is 0 Å². The molecule has 0 amide bonds. The average Bonchev–Trinajstić information content (AvgIpc) is 3.07. The second kappa shape index (κ2) is 8.90. The lowest BCUT2D eigenvalue weighted by Crippen LogP contribution is -2.06. The molecule has 0 spiro atoms. The first-order chi connectivity index (χ1) is 13.0. The van der Waals surface area contributed by atoms with Crippen molar-refractivity contribution in [2.24, 2.45) is 0 Å². The van der Waals surface area contributed by atoms with Crippen molar-refractivity contribution in [1.29, 1.82) is 0 Å². The zero-order chi connectivity index (χ0) is 20.1. The van der Waals surface area contributed by atoms with Crippen molar-refractivity contribution in [3.8, 4) is 17.2 Å². The average molecular weight is 438 g/mol. The van der Waals surface area contributed by atoms with Crippen LogP contribution in [-0.4, -0.2) is 40.8 Å². The minimum absolute atomic E-state index is 0.183. The number of methoxy groups -OCH3 is 3. The van der Waals surface area contributed by atoms with Crippen molar-refractivity contribution in [3.05, 3.63) is 28.1 Å². The number of benzene rings is 1. The van der Waals surface area contributed by atoms with Gasteiger partial charge in [0.2, 0.25) is 11.7 Å². The third-order valence-corrected chi connectivity index (χ3v) is 4.52. The van der Waals surface area contributed by atoms with Crippen molar-refractivity contribution in [2.45, 2.75) is 27.3 Å². The summed E-state index contributed by atoms with van der Waals surface area (Å²) < 4.78 is 18.8. The summed E-state index contributed by atoms with van der Waals surface area (Å²) in [4.78, 5) is 12.7. The zero-order valence-corrected chi connectivity index (χ0v) is 17.9. The molecule has 0 aliphatic heterocycles. The van der Waals surface area contributed by atoms with E-state index in [2.05, 4.69) is 30.9 Å². The van der Waals surface area contributed by atoms with Crippen molar-refractivity contribution in [3.63, 3.8) is 0 Å². The van der Waals surface area contributed by atoms with Crippen molar-refractivity contribution >= 4 is 33.0 Å². The molecule has 0 radical (unpaired) electrons. The summed E-state index contributed by atoms with van der Waals surface area (Å²) >= 11 is 3.36. The van der Waals surface area contributed by atoms with Gasteiger partial charge in [0.15, 0.2) is 17.1 Å². The molecule has 0 saturated carbocycles. The number of nitrogens with two attached hydrogens (primary N) is 1. The molecule has 2 N–H and O–H groups in total. The molecule has 0 bridgehead atoms. The molecule has 146 valence electrons. The molecular weight excluding hydrogens is 414 g/mol. The first kappa shape index (κ1) is 20.8. The van der Waals surface area contributed by atoms with Crippen LogP contribution in [0.3, 0.4) is 0 Å². The Labute approximate surface area is 166 Å². The van der Waals surface area contributed by atoms with E-state index in [1.807, 2.05) is 31.4 Å². The largest absolute Gasteiger partial charge is 0.493 e. The number of anilines is 1. The second-order valence-corrected chi connectivity index (χ2v) is 6.10. The van der Waals surface area contributed by atoms with Gasteiger partial charge in [-0.3, -0.25) is 0 Å². The first-order valence-electron chi connectivity index (χ1n) is 8.42. The molecule has 3 rings (SSSR count). The number of ether oxygens (including phenoxy) is 3. The summed E-state index contributed by atoms with van der Waals surface area (Å²) in [6.45, 7) is 6.48. The van der Waals surface area contributed by atoms with Crippen LogP contribution in [0.1, 0.15) is 25.0 Å². The van der Waals surface area contributed by atoms with E-state index in [-0.39, 0.29) is 5.95 Å². The quantitative estimate of drug-likeness (QED) is 0.608. The Bertz CT molecular complexity index is 943. The fourth-order valence-electron chi connectivity index (χ4n) is 2.74. The molecular formula is C18H24BrN5O3. The summed E-state index contributed by atoms with van der Waals surface area (Å²) in [7, 11) is 4.78. The van der Waals surface area contributed by atoms with Gasteiger partial charge in [-0.25, -0.2) is 9.97 Å². The highest BCUT2D eigenvalue weighted by atomic mass is 79.9. The number of nitrogen functional groups attached to an aromatic ring is 1. The molecule has 3 aromatic rings. The number of hydrogen-bond donors (Lipinski definition) is 1. The van der Waals surface area contributed by atoms with Gasteiger partial charge in [-0.2, -0.15) is 4.98 Å². The van der Waals surface area contributed by atoms with Crippen molar-refractivity contribution in [2.75, 3.05) is 27.1 Å². The molecule has 0 saturated heterocycles. The number of nitrogens with zero attached hydrogens (tertiary/aromatic N) is 4. The minimum Gasteiger partial charge on any atom is -0.493 e. The van der Waals surface area contributed by atoms with Crippen LogP contribution in [0.15, 0.2) is 17.0 Å². The molecule has 2 aromatic heterocycles. The van der Waals surface area contributed by atoms with Crippen molar-refractivity contribution in [1.82, 2.24) is 19.5 Å². The Morgan fingerprint density at radius 2 is 1.74 bits per heavy atom. The van der Waals surface area contributed by atoms with E-state index in [4.69, 9.17) is 19.9 Å². The summed E-state index contributed by atoms with van der Waals surface area (Å²) in [5, 5.41) is 0. The fraction of sp³-hybridized carbons (Fsp3) is 0.389. The molecule has 2 heterocycles. The molecule has 0 aliphatic carbocycles. The van der Waals surface area contributed by atoms with Gasteiger partial charge >= 0.3 is 0 Å². The zero-order valence-electron chi connectivity index (χ0n) is 16.3. The molecule has 0 unspecified atom stereocenters. The topological polar surface area (TPSA) is 97.3 Å². The number of rotatable bonds is 5. The normalized spacial score (nSPS) is 10.3. The molecule has 27 heavy (non-hydrogen) atoms. The minimum atomic E-state index is 0.183. The Morgan fingerprint density at radius 1 is 1.07 bits per heavy atom. The SMILES string of the molecule is CC.COc1cc(Cn2cnc3c(Br)nc(N)nc32)c(C)c(OC)c1OC.